The minimum atomic E-state index is -0.475. The lowest BCUT2D eigenvalue weighted by molar-refractivity contribution is 0.103. The van der Waals surface area contributed by atoms with Crippen molar-refractivity contribution in [2.24, 2.45) is 11.8 Å². The van der Waals surface area contributed by atoms with Crippen LogP contribution in [0.3, 0.4) is 0 Å². The standard InChI is InChI=1S/C16H23Cl2NO/c1-11-7-12(2)10-19(9-11)6-5-16(20)13-3-4-14(17)15(18)8-13/h3-4,8,11-12,16,20H,5-7,9-10H2,1-2H3. The number of nitrogens with zero attached hydrogens (tertiary/aromatic N) is 1. The average molecular weight is 316 g/mol. The zero-order valence-corrected chi connectivity index (χ0v) is 13.7. The number of hydrogen-bond acceptors (Lipinski definition) is 2. The molecule has 112 valence electrons. The highest BCUT2D eigenvalue weighted by molar-refractivity contribution is 6.42. The van der Waals surface area contributed by atoms with E-state index in [4.69, 9.17) is 23.2 Å². The first-order valence-corrected chi connectivity index (χ1v) is 8.06. The van der Waals surface area contributed by atoms with E-state index in [0.29, 0.717) is 10.0 Å². The van der Waals surface area contributed by atoms with Crippen LogP contribution in [-0.4, -0.2) is 29.6 Å². The highest BCUT2D eigenvalue weighted by Gasteiger charge is 2.22. The third kappa shape index (κ3) is 4.36. The number of piperidine rings is 1. The molecule has 1 aromatic rings. The first kappa shape index (κ1) is 16.1. The quantitative estimate of drug-likeness (QED) is 0.890. The maximum atomic E-state index is 10.3. The van der Waals surface area contributed by atoms with Gasteiger partial charge < -0.3 is 10.0 Å². The minimum Gasteiger partial charge on any atom is -0.388 e. The second-order valence-corrected chi connectivity index (χ2v) is 7.00. The molecule has 0 spiro atoms. The Bertz CT molecular complexity index is 442. The van der Waals surface area contributed by atoms with E-state index >= 15 is 0 Å². The molecule has 20 heavy (non-hydrogen) atoms. The molecular formula is C16H23Cl2NO. The summed E-state index contributed by atoms with van der Waals surface area (Å²) in [6.07, 6.45) is 1.57. The molecule has 2 nitrogen and oxygen atoms in total. The molecule has 0 amide bonds. The summed E-state index contributed by atoms with van der Waals surface area (Å²) in [6, 6.07) is 5.35. The van der Waals surface area contributed by atoms with Gasteiger partial charge in [-0.1, -0.05) is 43.1 Å². The van der Waals surface area contributed by atoms with Crippen molar-refractivity contribution in [2.75, 3.05) is 19.6 Å². The van der Waals surface area contributed by atoms with E-state index in [9.17, 15) is 5.11 Å². The van der Waals surface area contributed by atoms with Crippen molar-refractivity contribution in [2.45, 2.75) is 32.8 Å². The van der Waals surface area contributed by atoms with Crippen molar-refractivity contribution in [3.63, 3.8) is 0 Å². The van der Waals surface area contributed by atoms with Gasteiger partial charge >= 0.3 is 0 Å². The number of likely N-dealkylation sites (tertiary alicyclic amines) is 1. The fourth-order valence-electron chi connectivity index (χ4n) is 3.17. The summed E-state index contributed by atoms with van der Waals surface area (Å²) < 4.78 is 0. The van der Waals surface area contributed by atoms with Gasteiger partial charge in [0.05, 0.1) is 16.1 Å². The fourth-order valence-corrected chi connectivity index (χ4v) is 3.47. The number of aliphatic hydroxyl groups excluding tert-OH is 1. The van der Waals surface area contributed by atoms with Gasteiger partial charge in [0.2, 0.25) is 0 Å². The summed E-state index contributed by atoms with van der Waals surface area (Å²) in [5.41, 5.74) is 0.845. The van der Waals surface area contributed by atoms with Gasteiger partial charge in [0.15, 0.2) is 0 Å². The van der Waals surface area contributed by atoms with E-state index in [1.54, 1.807) is 12.1 Å². The predicted molar refractivity (Wildman–Crippen MR) is 85.4 cm³/mol. The van der Waals surface area contributed by atoms with Gasteiger partial charge in [0.25, 0.3) is 0 Å². The second kappa shape index (κ2) is 7.13. The monoisotopic (exact) mass is 315 g/mol. The van der Waals surface area contributed by atoms with Gasteiger partial charge in [-0.05, 0) is 42.4 Å². The summed E-state index contributed by atoms with van der Waals surface area (Å²) in [5.74, 6) is 1.50. The van der Waals surface area contributed by atoms with E-state index in [2.05, 4.69) is 18.7 Å². The Kier molecular flexibility index (Phi) is 5.74. The van der Waals surface area contributed by atoms with Crippen molar-refractivity contribution in [1.82, 2.24) is 4.90 Å². The Balaban J connectivity index is 1.88. The summed E-state index contributed by atoms with van der Waals surface area (Å²) >= 11 is 11.9. The van der Waals surface area contributed by atoms with Gasteiger partial charge in [-0.15, -0.1) is 0 Å². The summed E-state index contributed by atoms with van der Waals surface area (Å²) in [5, 5.41) is 11.3. The summed E-state index contributed by atoms with van der Waals surface area (Å²) in [6.45, 7) is 7.81. The van der Waals surface area contributed by atoms with Gasteiger partial charge in [-0.3, -0.25) is 0 Å². The molecular weight excluding hydrogens is 293 g/mol. The van der Waals surface area contributed by atoms with Crippen molar-refractivity contribution >= 4 is 23.2 Å². The normalized spacial score (nSPS) is 25.6. The van der Waals surface area contributed by atoms with Crippen molar-refractivity contribution in [1.29, 1.82) is 0 Å². The Labute approximate surface area is 131 Å². The largest absolute Gasteiger partial charge is 0.388 e. The van der Waals surface area contributed by atoms with Crippen LogP contribution < -0.4 is 0 Å². The summed E-state index contributed by atoms with van der Waals surface area (Å²) in [7, 11) is 0. The van der Waals surface area contributed by atoms with Crippen molar-refractivity contribution < 1.29 is 5.11 Å². The molecule has 1 aromatic carbocycles. The Morgan fingerprint density at radius 1 is 1.20 bits per heavy atom. The van der Waals surface area contributed by atoms with Crippen LogP contribution in [0.5, 0.6) is 0 Å². The second-order valence-electron chi connectivity index (χ2n) is 6.18. The van der Waals surface area contributed by atoms with Crippen LogP contribution in [0.1, 0.15) is 38.4 Å². The van der Waals surface area contributed by atoms with E-state index in [1.807, 2.05) is 6.07 Å². The molecule has 1 saturated heterocycles. The highest BCUT2D eigenvalue weighted by atomic mass is 35.5. The van der Waals surface area contributed by atoms with Gasteiger partial charge in [0.1, 0.15) is 0 Å². The fraction of sp³-hybridized carbons (Fsp3) is 0.625. The van der Waals surface area contributed by atoms with E-state index in [1.165, 1.54) is 6.42 Å². The zero-order chi connectivity index (χ0) is 14.7. The first-order chi connectivity index (χ1) is 9.45. The number of rotatable bonds is 4. The maximum absolute atomic E-state index is 10.3. The molecule has 1 N–H and O–H groups in total. The van der Waals surface area contributed by atoms with Gasteiger partial charge in [0, 0.05) is 19.6 Å². The molecule has 1 aliphatic heterocycles. The van der Waals surface area contributed by atoms with Crippen molar-refractivity contribution in [3.05, 3.63) is 33.8 Å². The van der Waals surface area contributed by atoms with E-state index in [-0.39, 0.29) is 0 Å². The average Bonchev–Trinajstić information content (AvgIpc) is 2.38. The van der Waals surface area contributed by atoms with Crippen LogP contribution in [0.25, 0.3) is 0 Å². The number of hydrogen-bond donors (Lipinski definition) is 1. The SMILES string of the molecule is CC1CC(C)CN(CCC(O)c2ccc(Cl)c(Cl)c2)C1. The molecule has 2 rings (SSSR count). The predicted octanol–water partition coefficient (Wildman–Crippen LogP) is 4.39. The molecule has 1 fully saturated rings. The molecule has 3 unspecified atom stereocenters. The Hall–Kier alpha value is -0.280. The van der Waals surface area contributed by atoms with Crippen LogP contribution >= 0.6 is 23.2 Å². The van der Waals surface area contributed by atoms with E-state index < -0.39 is 6.10 Å². The molecule has 4 heteroatoms. The lowest BCUT2D eigenvalue weighted by Crippen LogP contribution is -2.39. The van der Waals surface area contributed by atoms with Crippen LogP contribution in [-0.2, 0) is 0 Å². The van der Waals surface area contributed by atoms with Gasteiger partial charge in [-0.25, -0.2) is 0 Å². The van der Waals surface area contributed by atoms with Crippen LogP contribution in [0.15, 0.2) is 18.2 Å². The van der Waals surface area contributed by atoms with Crippen molar-refractivity contribution in [3.8, 4) is 0 Å². The van der Waals surface area contributed by atoms with Crippen LogP contribution in [0.2, 0.25) is 10.0 Å². The minimum absolute atomic E-state index is 0.475. The third-order valence-corrected chi connectivity index (χ3v) is 4.73. The third-order valence-electron chi connectivity index (χ3n) is 3.99. The molecule has 3 atom stereocenters. The molecule has 0 bridgehead atoms. The Morgan fingerprint density at radius 2 is 1.85 bits per heavy atom. The maximum Gasteiger partial charge on any atom is 0.0802 e. The number of aliphatic hydroxyl groups is 1. The highest BCUT2D eigenvalue weighted by Crippen LogP contribution is 2.28. The topological polar surface area (TPSA) is 23.5 Å². The molecule has 0 saturated carbocycles. The van der Waals surface area contributed by atoms with Crippen LogP contribution in [0, 0.1) is 11.8 Å². The molecule has 0 aliphatic carbocycles. The molecule has 0 radical (unpaired) electrons. The van der Waals surface area contributed by atoms with E-state index in [0.717, 1.165) is 43.5 Å². The zero-order valence-electron chi connectivity index (χ0n) is 12.1. The molecule has 1 heterocycles. The number of halogens is 2. The Morgan fingerprint density at radius 3 is 2.45 bits per heavy atom. The molecule has 1 aliphatic rings. The first-order valence-electron chi connectivity index (χ1n) is 7.31. The lowest BCUT2D eigenvalue weighted by Gasteiger charge is -2.35. The smallest absolute Gasteiger partial charge is 0.0802 e. The summed E-state index contributed by atoms with van der Waals surface area (Å²) in [4.78, 5) is 2.46. The van der Waals surface area contributed by atoms with Crippen LogP contribution in [0.4, 0.5) is 0 Å². The number of benzene rings is 1. The van der Waals surface area contributed by atoms with Gasteiger partial charge in [-0.2, -0.15) is 0 Å². The molecule has 0 aromatic heterocycles. The lowest BCUT2D eigenvalue weighted by atomic mass is 9.91.